The van der Waals surface area contributed by atoms with Gasteiger partial charge < -0.3 is 21.1 Å². The fourth-order valence-corrected chi connectivity index (χ4v) is 1.44. The molecular formula is C11H16FNO3. The van der Waals surface area contributed by atoms with Crippen molar-refractivity contribution in [2.45, 2.75) is 25.2 Å². The van der Waals surface area contributed by atoms with E-state index in [4.69, 9.17) is 10.8 Å². The lowest BCUT2D eigenvalue weighted by Gasteiger charge is -2.18. The van der Waals surface area contributed by atoms with Crippen molar-refractivity contribution in [3.05, 3.63) is 35.1 Å². The molecule has 0 fully saturated rings. The Morgan fingerprint density at radius 1 is 1.31 bits per heavy atom. The first kappa shape index (κ1) is 13.1. The largest absolute Gasteiger partial charge is 0.396 e. The van der Waals surface area contributed by atoms with Crippen LogP contribution in [0.3, 0.4) is 0 Å². The van der Waals surface area contributed by atoms with Crippen LogP contribution in [0.4, 0.5) is 4.39 Å². The van der Waals surface area contributed by atoms with Gasteiger partial charge in [-0.25, -0.2) is 4.39 Å². The minimum Gasteiger partial charge on any atom is -0.396 e. The molecule has 0 bridgehead atoms. The van der Waals surface area contributed by atoms with E-state index in [2.05, 4.69) is 0 Å². The van der Waals surface area contributed by atoms with Crippen LogP contribution in [0.1, 0.15) is 23.7 Å². The predicted octanol–water partition coefficient (Wildman–Crippen LogP) is 0.0611. The number of benzene rings is 1. The lowest BCUT2D eigenvalue weighted by Crippen LogP contribution is -2.20. The van der Waals surface area contributed by atoms with Crippen LogP contribution in [-0.4, -0.2) is 28.0 Å². The van der Waals surface area contributed by atoms with Gasteiger partial charge in [0, 0.05) is 18.7 Å². The average molecular weight is 229 g/mol. The molecule has 1 aromatic rings. The van der Waals surface area contributed by atoms with E-state index >= 15 is 0 Å². The van der Waals surface area contributed by atoms with Gasteiger partial charge in [-0.3, -0.25) is 0 Å². The van der Waals surface area contributed by atoms with E-state index in [9.17, 15) is 14.6 Å². The number of aliphatic hydroxyl groups is 3. The molecule has 0 aromatic heterocycles. The molecule has 90 valence electrons. The first-order chi connectivity index (χ1) is 7.60. The number of rotatable bonds is 5. The summed E-state index contributed by atoms with van der Waals surface area (Å²) >= 11 is 0. The molecule has 1 aromatic carbocycles. The molecule has 5 heteroatoms. The highest BCUT2D eigenvalue weighted by molar-refractivity contribution is 5.27. The summed E-state index contributed by atoms with van der Waals surface area (Å²) in [6.07, 6.45) is -2.54. The smallest absolute Gasteiger partial charge is 0.129 e. The van der Waals surface area contributed by atoms with Crippen LogP contribution in [0.5, 0.6) is 0 Å². The third kappa shape index (κ3) is 2.99. The molecule has 0 aliphatic carbocycles. The standard InChI is InChI=1S/C11H16FNO3/c12-9-2-1-7(6-13)5-8(9)11(16)10(15)3-4-14/h1-2,5,10-11,14-16H,3-4,6,13H2. The fourth-order valence-electron chi connectivity index (χ4n) is 1.44. The quantitative estimate of drug-likeness (QED) is 0.575. The summed E-state index contributed by atoms with van der Waals surface area (Å²) in [5.74, 6) is -0.596. The van der Waals surface area contributed by atoms with Crippen LogP contribution in [0.2, 0.25) is 0 Å². The normalized spacial score (nSPS) is 14.8. The minimum absolute atomic E-state index is 0.00361. The van der Waals surface area contributed by atoms with Gasteiger partial charge in [0.25, 0.3) is 0 Å². The molecule has 1 rings (SSSR count). The molecule has 0 saturated heterocycles. The second kappa shape index (κ2) is 5.91. The third-order valence-corrected chi connectivity index (χ3v) is 2.40. The number of nitrogens with two attached hydrogens (primary N) is 1. The molecule has 0 aliphatic rings. The minimum atomic E-state index is -1.35. The fraction of sp³-hybridized carbons (Fsp3) is 0.455. The van der Waals surface area contributed by atoms with Crippen LogP contribution in [0.15, 0.2) is 18.2 Å². The van der Waals surface area contributed by atoms with Gasteiger partial charge in [-0.15, -0.1) is 0 Å². The Morgan fingerprint density at radius 3 is 2.56 bits per heavy atom. The van der Waals surface area contributed by atoms with E-state index in [1.165, 1.54) is 18.2 Å². The highest BCUT2D eigenvalue weighted by Crippen LogP contribution is 2.23. The van der Waals surface area contributed by atoms with E-state index in [-0.39, 0.29) is 25.1 Å². The van der Waals surface area contributed by atoms with Crippen molar-refractivity contribution in [2.24, 2.45) is 5.73 Å². The molecule has 0 radical (unpaired) electrons. The monoisotopic (exact) mass is 229 g/mol. The van der Waals surface area contributed by atoms with Gasteiger partial charge in [-0.2, -0.15) is 0 Å². The van der Waals surface area contributed by atoms with Crippen molar-refractivity contribution in [3.63, 3.8) is 0 Å². The molecule has 4 nitrogen and oxygen atoms in total. The summed E-state index contributed by atoms with van der Waals surface area (Å²) in [5, 5.41) is 27.7. The van der Waals surface area contributed by atoms with Crippen molar-refractivity contribution >= 4 is 0 Å². The van der Waals surface area contributed by atoms with Crippen LogP contribution in [0.25, 0.3) is 0 Å². The first-order valence-corrected chi connectivity index (χ1v) is 5.05. The van der Waals surface area contributed by atoms with E-state index < -0.39 is 18.0 Å². The third-order valence-electron chi connectivity index (χ3n) is 2.40. The summed E-state index contributed by atoms with van der Waals surface area (Å²) < 4.78 is 13.4. The molecule has 2 atom stereocenters. The zero-order chi connectivity index (χ0) is 12.1. The first-order valence-electron chi connectivity index (χ1n) is 5.05. The predicted molar refractivity (Wildman–Crippen MR) is 57.0 cm³/mol. The molecule has 16 heavy (non-hydrogen) atoms. The Balaban J connectivity index is 2.92. The van der Waals surface area contributed by atoms with Crippen LogP contribution < -0.4 is 5.73 Å². The van der Waals surface area contributed by atoms with Gasteiger partial charge in [-0.05, 0) is 24.1 Å². The van der Waals surface area contributed by atoms with E-state index in [1.54, 1.807) is 0 Å². The number of aliphatic hydroxyl groups excluding tert-OH is 3. The van der Waals surface area contributed by atoms with Crippen molar-refractivity contribution in [2.75, 3.05) is 6.61 Å². The average Bonchev–Trinajstić information content (AvgIpc) is 2.29. The summed E-state index contributed by atoms with van der Waals surface area (Å²) in [7, 11) is 0. The number of halogens is 1. The number of hydrogen-bond donors (Lipinski definition) is 4. The maximum atomic E-state index is 13.4. The Morgan fingerprint density at radius 2 is 2.00 bits per heavy atom. The van der Waals surface area contributed by atoms with Gasteiger partial charge >= 0.3 is 0 Å². The molecule has 0 saturated carbocycles. The van der Waals surface area contributed by atoms with Gasteiger partial charge in [0.15, 0.2) is 0 Å². The zero-order valence-electron chi connectivity index (χ0n) is 8.81. The Labute approximate surface area is 93.1 Å². The molecule has 0 aliphatic heterocycles. The van der Waals surface area contributed by atoms with Gasteiger partial charge in [0.2, 0.25) is 0 Å². The van der Waals surface area contributed by atoms with Crippen molar-refractivity contribution in [3.8, 4) is 0 Å². The Hall–Kier alpha value is -1.01. The van der Waals surface area contributed by atoms with Crippen molar-refractivity contribution < 1.29 is 19.7 Å². The lowest BCUT2D eigenvalue weighted by atomic mass is 9.99. The maximum Gasteiger partial charge on any atom is 0.129 e. The molecule has 0 heterocycles. The van der Waals surface area contributed by atoms with Gasteiger partial charge in [0.05, 0.1) is 6.10 Å². The summed E-state index contributed by atoms with van der Waals surface area (Å²) in [4.78, 5) is 0. The van der Waals surface area contributed by atoms with Crippen LogP contribution in [-0.2, 0) is 6.54 Å². The van der Waals surface area contributed by atoms with Crippen molar-refractivity contribution in [1.82, 2.24) is 0 Å². The van der Waals surface area contributed by atoms with Crippen LogP contribution >= 0.6 is 0 Å². The number of hydrogen-bond acceptors (Lipinski definition) is 4. The highest BCUT2D eigenvalue weighted by Gasteiger charge is 2.21. The Kier molecular flexibility index (Phi) is 4.82. The second-order valence-corrected chi connectivity index (χ2v) is 3.58. The second-order valence-electron chi connectivity index (χ2n) is 3.58. The topological polar surface area (TPSA) is 86.7 Å². The molecule has 5 N–H and O–H groups in total. The molecule has 0 amide bonds. The highest BCUT2D eigenvalue weighted by atomic mass is 19.1. The lowest BCUT2D eigenvalue weighted by molar-refractivity contribution is 0.00232. The Bertz CT molecular complexity index is 346. The summed E-state index contributed by atoms with van der Waals surface area (Å²) in [6, 6.07) is 4.14. The van der Waals surface area contributed by atoms with E-state index in [1.807, 2.05) is 0 Å². The summed E-state index contributed by atoms with van der Waals surface area (Å²) in [5.41, 5.74) is 6.07. The van der Waals surface area contributed by atoms with Crippen molar-refractivity contribution in [1.29, 1.82) is 0 Å². The van der Waals surface area contributed by atoms with Crippen LogP contribution in [0, 0.1) is 5.82 Å². The molecule has 0 spiro atoms. The van der Waals surface area contributed by atoms with E-state index in [0.717, 1.165) is 0 Å². The van der Waals surface area contributed by atoms with Gasteiger partial charge in [-0.1, -0.05) is 6.07 Å². The molecule has 2 unspecified atom stereocenters. The zero-order valence-corrected chi connectivity index (χ0v) is 8.81. The van der Waals surface area contributed by atoms with Gasteiger partial charge in [0.1, 0.15) is 11.9 Å². The van der Waals surface area contributed by atoms with E-state index in [0.29, 0.717) is 5.56 Å². The molecular weight excluding hydrogens is 213 g/mol. The maximum absolute atomic E-state index is 13.4. The SMILES string of the molecule is NCc1ccc(F)c(C(O)C(O)CCO)c1. The summed E-state index contributed by atoms with van der Waals surface area (Å²) in [6.45, 7) is -0.0352.